The Morgan fingerprint density at radius 1 is 1.43 bits per heavy atom. The highest BCUT2D eigenvalue weighted by molar-refractivity contribution is 5.05. The van der Waals surface area contributed by atoms with Crippen LogP contribution in [0.15, 0.2) is 11.8 Å². The van der Waals surface area contributed by atoms with Gasteiger partial charge in [-0.25, -0.2) is 0 Å². The molecule has 0 spiro atoms. The van der Waals surface area contributed by atoms with Gasteiger partial charge in [-0.05, 0) is 0 Å². The molecular weight excluding hydrogens is 182 g/mol. The van der Waals surface area contributed by atoms with Crippen LogP contribution in [-0.2, 0) is 14.2 Å². The summed E-state index contributed by atoms with van der Waals surface area (Å²) < 4.78 is 15.9. The SMILES string of the molecule is COC1CC=C(N2CCOCC2)CO1. The topological polar surface area (TPSA) is 30.9 Å². The summed E-state index contributed by atoms with van der Waals surface area (Å²) in [5.74, 6) is 0. The predicted octanol–water partition coefficient (Wildman–Crippen LogP) is 0.595. The van der Waals surface area contributed by atoms with E-state index in [1.165, 1.54) is 5.70 Å². The molecule has 80 valence electrons. The summed E-state index contributed by atoms with van der Waals surface area (Å²) in [7, 11) is 1.68. The van der Waals surface area contributed by atoms with E-state index in [1.807, 2.05) is 0 Å². The van der Waals surface area contributed by atoms with Crippen molar-refractivity contribution >= 4 is 0 Å². The summed E-state index contributed by atoms with van der Waals surface area (Å²) in [6.45, 7) is 4.27. The minimum atomic E-state index is -0.0557. The number of hydrogen-bond acceptors (Lipinski definition) is 4. The quantitative estimate of drug-likeness (QED) is 0.651. The maximum atomic E-state index is 5.52. The summed E-state index contributed by atoms with van der Waals surface area (Å²) in [6, 6.07) is 0. The third-order valence-electron chi connectivity index (χ3n) is 2.64. The van der Waals surface area contributed by atoms with E-state index in [0.717, 1.165) is 32.7 Å². The summed E-state index contributed by atoms with van der Waals surface area (Å²) in [5.41, 5.74) is 1.28. The van der Waals surface area contributed by atoms with Crippen LogP contribution in [-0.4, -0.2) is 51.2 Å². The van der Waals surface area contributed by atoms with Crippen LogP contribution in [0.5, 0.6) is 0 Å². The van der Waals surface area contributed by atoms with E-state index in [1.54, 1.807) is 7.11 Å². The molecule has 0 radical (unpaired) electrons. The highest BCUT2D eigenvalue weighted by Crippen LogP contribution is 2.17. The number of morpholine rings is 1. The highest BCUT2D eigenvalue weighted by atomic mass is 16.7. The minimum Gasteiger partial charge on any atom is -0.378 e. The highest BCUT2D eigenvalue weighted by Gasteiger charge is 2.19. The molecule has 1 unspecified atom stereocenters. The first-order valence-electron chi connectivity index (χ1n) is 5.06. The first-order chi connectivity index (χ1) is 6.90. The Balaban J connectivity index is 1.88. The third kappa shape index (κ3) is 2.26. The number of ether oxygens (including phenoxy) is 3. The molecule has 0 aliphatic carbocycles. The second-order valence-electron chi connectivity index (χ2n) is 3.51. The largest absolute Gasteiger partial charge is 0.378 e. The molecule has 2 aliphatic rings. The van der Waals surface area contributed by atoms with Crippen molar-refractivity contribution in [3.63, 3.8) is 0 Å². The van der Waals surface area contributed by atoms with E-state index in [4.69, 9.17) is 14.2 Å². The van der Waals surface area contributed by atoms with E-state index >= 15 is 0 Å². The third-order valence-corrected chi connectivity index (χ3v) is 2.64. The van der Waals surface area contributed by atoms with Crippen molar-refractivity contribution in [3.05, 3.63) is 11.8 Å². The Morgan fingerprint density at radius 3 is 2.79 bits per heavy atom. The summed E-state index contributed by atoms with van der Waals surface area (Å²) in [4.78, 5) is 2.33. The predicted molar refractivity (Wildman–Crippen MR) is 51.8 cm³/mol. The average Bonchev–Trinajstić information content (AvgIpc) is 2.30. The van der Waals surface area contributed by atoms with Crippen molar-refractivity contribution in [2.75, 3.05) is 40.0 Å². The van der Waals surface area contributed by atoms with Crippen molar-refractivity contribution in [3.8, 4) is 0 Å². The van der Waals surface area contributed by atoms with E-state index in [2.05, 4.69) is 11.0 Å². The number of nitrogens with zero attached hydrogens (tertiary/aromatic N) is 1. The fraction of sp³-hybridized carbons (Fsp3) is 0.800. The second-order valence-corrected chi connectivity index (χ2v) is 3.51. The summed E-state index contributed by atoms with van der Waals surface area (Å²) in [5, 5.41) is 0. The van der Waals surface area contributed by atoms with Crippen LogP contribution in [0.4, 0.5) is 0 Å². The van der Waals surface area contributed by atoms with Gasteiger partial charge in [-0.1, -0.05) is 6.08 Å². The average molecular weight is 199 g/mol. The molecule has 4 nitrogen and oxygen atoms in total. The van der Waals surface area contributed by atoms with Gasteiger partial charge in [0.05, 0.1) is 19.8 Å². The molecule has 0 N–H and O–H groups in total. The molecule has 2 heterocycles. The lowest BCUT2D eigenvalue weighted by atomic mass is 10.2. The smallest absolute Gasteiger partial charge is 0.161 e. The molecule has 2 aliphatic heterocycles. The zero-order valence-corrected chi connectivity index (χ0v) is 8.57. The minimum absolute atomic E-state index is 0.0557. The molecule has 1 fully saturated rings. The van der Waals surface area contributed by atoms with Crippen molar-refractivity contribution < 1.29 is 14.2 Å². The number of methoxy groups -OCH3 is 1. The monoisotopic (exact) mass is 199 g/mol. The fourth-order valence-corrected chi connectivity index (χ4v) is 1.77. The molecule has 2 rings (SSSR count). The van der Waals surface area contributed by atoms with E-state index in [0.29, 0.717) is 6.61 Å². The van der Waals surface area contributed by atoms with Gasteiger partial charge in [0, 0.05) is 32.3 Å². The summed E-state index contributed by atoms with van der Waals surface area (Å²) >= 11 is 0. The number of hydrogen-bond donors (Lipinski definition) is 0. The molecule has 14 heavy (non-hydrogen) atoms. The van der Waals surface area contributed by atoms with Crippen LogP contribution in [0.2, 0.25) is 0 Å². The molecule has 1 atom stereocenters. The Hall–Kier alpha value is -0.580. The van der Waals surface area contributed by atoms with Gasteiger partial charge in [0.1, 0.15) is 0 Å². The van der Waals surface area contributed by atoms with Gasteiger partial charge in [-0.3, -0.25) is 0 Å². The molecule has 0 amide bonds. The van der Waals surface area contributed by atoms with Crippen molar-refractivity contribution in [2.45, 2.75) is 12.7 Å². The van der Waals surface area contributed by atoms with E-state index in [-0.39, 0.29) is 6.29 Å². The molecule has 0 aromatic rings. The van der Waals surface area contributed by atoms with Crippen LogP contribution in [0.3, 0.4) is 0 Å². The van der Waals surface area contributed by atoms with Gasteiger partial charge in [-0.2, -0.15) is 0 Å². The van der Waals surface area contributed by atoms with Crippen molar-refractivity contribution in [1.82, 2.24) is 4.90 Å². The van der Waals surface area contributed by atoms with Gasteiger partial charge >= 0.3 is 0 Å². The number of rotatable bonds is 2. The molecule has 0 aromatic heterocycles. The molecule has 0 aromatic carbocycles. The van der Waals surface area contributed by atoms with E-state index in [9.17, 15) is 0 Å². The first-order valence-corrected chi connectivity index (χ1v) is 5.06. The Morgan fingerprint density at radius 2 is 2.21 bits per heavy atom. The Kier molecular flexibility index (Phi) is 3.39. The van der Waals surface area contributed by atoms with E-state index < -0.39 is 0 Å². The van der Waals surface area contributed by atoms with Gasteiger partial charge in [-0.15, -0.1) is 0 Å². The van der Waals surface area contributed by atoms with Crippen LogP contribution in [0.1, 0.15) is 6.42 Å². The lowest BCUT2D eigenvalue weighted by molar-refractivity contribution is -0.125. The van der Waals surface area contributed by atoms with Crippen LogP contribution < -0.4 is 0 Å². The van der Waals surface area contributed by atoms with Gasteiger partial charge in [0.15, 0.2) is 6.29 Å². The Labute approximate surface area is 84.4 Å². The van der Waals surface area contributed by atoms with Crippen LogP contribution in [0.25, 0.3) is 0 Å². The zero-order valence-electron chi connectivity index (χ0n) is 8.57. The maximum absolute atomic E-state index is 5.52. The molecule has 1 saturated heterocycles. The zero-order chi connectivity index (χ0) is 9.80. The normalized spacial score (nSPS) is 28.8. The molecule has 0 saturated carbocycles. The molecule has 4 heteroatoms. The summed E-state index contributed by atoms with van der Waals surface area (Å²) in [6.07, 6.45) is 3.01. The van der Waals surface area contributed by atoms with Gasteiger partial charge in [0.25, 0.3) is 0 Å². The van der Waals surface area contributed by atoms with Crippen molar-refractivity contribution in [2.24, 2.45) is 0 Å². The fourth-order valence-electron chi connectivity index (χ4n) is 1.77. The van der Waals surface area contributed by atoms with Crippen molar-refractivity contribution in [1.29, 1.82) is 0 Å². The van der Waals surface area contributed by atoms with Gasteiger partial charge in [0.2, 0.25) is 0 Å². The van der Waals surface area contributed by atoms with Crippen LogP contribution in [0, 0.1) is 0 Å². The Bertz CT molecular complexity index is 211. The molecular formula is C10H17NO3. The lowest BCUT2D eigenvalue weighted by Crippen LogP contribution is -2.38. The van der Waals surface area contributed by atoms with Gasteiger partial charge < -0.3 is 19.1 Å². The van der Waals surface area contributed by atoms with Crippen LogP contribution >= 0.6 is 0 Å². The standard InChI is InChI=1S/C10H17NO3/c1-12-10-3-2-9(8-14-10)11-4-6-13-7-5-11/h2,10H,3-8H2,1H3. The molecule has 0 bridgehead atoms. The lowest BCUT2D eigenvalue weighted by Gasteiger charge is -2.33. The maximum Gasteiger partial charge on any atom is 0.161 e. The second kappa shape index (κ2) is 4.77. The first kappa shape index (κ1) is 9.96.